The molecule has 0 bridgehead atoms. The van der Waals surface area contributed by atoms with E-state index < -0.39 is 15.8 Å². The quantitative estimate of drug-likeness (QED) is 0.514. The topological polar surface area (TPSA) is 83.9 Å². The highest BCUT2D eigenvalue weighted by atomic mass is 32.2. The van der Waals surface area contributed by atoms with Crippen LogP contribution < -0.4 is 0 Å². The molecule has 4 aromatic rings. The summed E-state index contributed by atoms with van der Waals surface area (Å²) in [5.74, 6) is -0.433. The molecule has 2 aromatic heterocycles. The molecule has 1 fully saturated rings. The molecule has 0 amide bonds. The van der Waals surface area contributed by atoms with Gasteiger partial charge in [0, 0.05) is 36.3 Å². The number of H-pyrrole nitrogens is 1. The predicted molar refractivity (Wildman–Crippen MR) is 115 cm³/mol. The number of fused-ring (bicyclic) bond motifs is 1. The molecule has 2 aromatic carbocycles. The van der Waals surface area contributed by atoms with Crippen LogP contribution in [0.5, 0.6) is 0 Å². The molecule has 2 atom stereocenters. The van der Waals surface area contributed by atoms with Crippen molar-refractivity contribution in [3.05, 3.63) is 66.9 Å². The lowest BCUT2D eigenvalue weighted by Gasteiger charge is -2.21. The second-order valence-corrected chi connectivity index (χ2v) is 9.96. The molecule has 9 heteroatoms. The van der Waals surface area contributed by atoms with Gasteiger partial charge in [-0.3, -0.25) is 9.78 Å². The van der Waals surface area contributed by atoms with E-state index in [1.54, 1.807) is 6.20 Å². The van der Waals surface area contributed by atoms with Crippen molar-refractivity contribution >= 4 is 20.9 Å². The summed E-state index contributed by atoms with van der Waals surface area (Å²) in [4.78, 5) is -0.00341. The third-order valence-corrected chi connectivity index (χ3v) is 7.89. The average Bonchev–Trinajstić information content (AvgIpc) is 3.49. The van der Waals surface area contributed by atoms with Crippen molar-refractivity contribution in [1.29, 1.82) is 0 Å². The normalized spacial score (nSPS) is 19.9. The molecule has 1 aliphatic rings. The Morgan fingerprint density at radius 3 is 2.81 bits per heavy atom. The molecule has 1 saturated heterocycles. The van der Waals surface area contributed by atoms with E-state index in [1.165, 1.54) is 22.5 Å². The van der Waals surface area contributed by atoms with Crippen molar-refractivity contribution in [2.75, 3.05) is 6.54 Å². The van der Waals surface area contributed by atoms with Gasteiger partial charge in [-0.2, -0.15) is 14.5 Å². The molecule has 5 rings (SSSR count). The van der Waals surface area contributed by atoms with E-state index in [2.05, 4.69) is 21.4 Å². The monoisotopic (exact) mass is 439 g/mol. The van der Waals surface area contributed by atoms with Crippen LogP contribution in [0.4, 0.5) is 4.39 Å². The Morgan fingerprint density at radius 1 is 1.16 bits per heavy atom. The number of hydrogen-bond acceptors (Lipinski definition) is 4. The molecule has 0 saturated carbocycles. The van der Waals surface area contributed by atoms with Gasteiger partial charge in [0.15, 0.2) is 0 Å². The number of benzene rings is 2. The Hall–Kier alpha value is -3.04. The molecule has 7 nitrogen and oxygen atoms in total. The van der Waals surface area contributed by atoms with Crippen molar-refractivity contribution < 1.29 is 12.8 Å². The minimum Gasteiger partial charge on any atom is -0.285 e. The van der Waals surface area contributed by atoms with Gasteiger partial charge in [0.1, 0.15) is 5.82 Å². The lowest BCUT2D eigenvalue weighted by atomic mass is 10.1. The molecule has 0 aliphatic carbocycles. The van der Waals surface area contributed by atoms with Crippen LogP contribution in [-0.2, 0) is 16.6 Å². The van der Waals surface area contributed by atoms with Gasteiger partial charge in [-0.1, -0.05) is 12.1 Å². The number of halogens is 1. The standard InChI is InChI=1S/C22H22FN5O2S/c1-15-7-16(14-28(15)31(29,30)21-4-2-3-20(23)9-21)13-27-22-6-5-17(8-18(22)12-26-27)19-10-24-25-11-19/h2-6,8-12,15-16H,7,13-14H2,1H3,(H,24,25)/t15-,16-/m1/s1. The van der Waals surface area contributed by atoms with Gasteiger partial charge in [-0.25, -0.2) is 12.8 Å². The van der Waals surface area contributed by atoms with Crippen LogP contribution in [0.15, 0.2) is 66.0 Å². The van der Waals surface area contributed by atoms with Gasteiger partial charge >= 0.3 is 0 Å². The summed E-state index contributed by atoms with van der Waals surface area (Å²) in [7, 11) is -3.74. The van der Waals surface area contributed by atoms with Crippen molar-refractivity contribution in [1.82, 2.24) is 24.3 Å². The lowest BCUT2D eigenvalue weighted by Crippen LogP contribution is -2.34. The second kappa shape index (κ2) is 7.58. The summed E-state index contributed by atoms with van der Waals surface area (Å²) in [6.45, 7) is 2.90. The first-order valence-corrected chi connectivity index (χ1v) is 11.6. The maximum Gasteiger partial charge on any atom is 0.243 e. The van der Waals surface area contributed by atoms with E-state index in [0.717, 1.165) is 34.5 Å². The summed E-state index contributed by atoms with van der Waals surface area (Å²) < 4.78 is 43.1. The van der Waals surface area contributed by atoms with E-state index in [0.29, 0.717) is 13.1 Å². The van der Waals surface area contributed by atoms with Crippen molar-refractivity contribution in [2.24, 2.45) is 5.92 Å². The fourth-order valence-electron chi connectivity index (χ4n) is 4.40. The number of rotatable bonds is 5. The van der Waals surface area contributed by atoms with Gasteiger partial charge in [0.05, 0.1) is 22.8 Å². The highest BCUT2D eigenvalue weighted by Gasteiger charge is 2.38. The van der Waals surface area contributed by atoms with E-state index in [4.69, 9.17) is 0 Å². The Morgan fingerprint density at radius 2 is 2.03 bits per heavy atom. The lowest BCUT2D eigenvalue weighted by molar-refractivity contribution is 0.396. The number of aromatic amines is 1. The third-order valence-electron chi connectivity index (χ3n) is 5.91. The largest absolute Gasteiger partial charge is 0.285 e. The molecular weight excluding hydrogens is 417 g/mol. The molecule has 0 unspecified atom stereocenters. The highest BCUT2D eigenvalue weighted by Crippen LogP contribution is 2.31. The maximum absolute atomic E-state index is 13.6. The summed E-state index contributed by atoms with van der Waals surface area (Å²) in [6.07, 6.45) is 6.18. The van der Waals surface area contributed by atoms with Gasteiger partial charge in [0.2, 0.25) is 10.0 Å². The number of sulfonamides is 1. The summed E-state index contributed by atoms with van der Waals surface area (Å²) >= 11 is 0. The summed E-state index contributed by atoms with van der Waals surface area (Å²) in [5, 5.41) is 12.4. The summed E-state index contributed by atoms with van der Waals surface area (Å²) in [6, 6.07) is 11.2. The first-order chi connectivity index (χ1) is 14.9. The molecule has 0 radical (unpaired) electrons. The number of nitrogens with one attached hydrogen (secondary N) is 1. The molecule has 0 spiro atoms. The molecule has 1 aliphatic heterocycles. The van der Waals surface area contributed by atoms with E-state index in [-0.39, 0.29) is 16.9 Å². The Kier molecular flexibility index (Phi) is 4.86. The fourth-order valence-corrected chi connectivity index (χ4v) is 6.15. The first-order valence-electron chi connectivity index (χ1n) is 10.1. The smallest absolute Gasteiger partial charge is 0.243 e. The predicted octanol–water partition coefficient (Wildman–Crippen LogP) is 3.66. The van der Waals surface area contributed by atoms with E-state index >= 15 is 0 Å². The van der Waals surface area contributed by atoms with Gasteiger partial charge in [-0.05, 0) is 55.2 Å². The number of hydrogen-bond donors (Lipinski definition) is 1. The zero-order valence-corrected chi connectivity index (χ0v) is 17.8. The minimum absolute atomic E-state index is 0.00341. The molecule has 1 N–H and O–H groups in total. The first kappa shape index (κ1) is 19.9. The third kappa shape index (κ3) is 3.64. The van der Waals surface area contributed by atoms with Crippen LogP contribution in [0.1, 0.15) is 13.3 Å². The fraction of sp³-hybridized carbons (Fsp3) is 0.273. The molecule has 160 valence electrons. The second-order valence-electron chi connectivity index (χ2n) is 8.07. The van der Waals surface area contributed by atoms with E-state index in [1.807, 2.05) is 36.1 Å². The van der Waals surface area contributed by atoms with Gasteiger partial charge < -0.3 is 0 Å². The Balaban J connectivity index is 1.36. The zero-order chi connectivity index (χ0) is 21.6. The number of nitrogens with zero attached hydrogens (tertiary/aromatic N) is 4. The molecular formula is C22H22FN5O2S. The van der Waals surface area contributed by atoms with Gasteiger partial charge in [0.25, 0.3) is 0 Å². The van der Waals surface area contributed by atoms with Crippen molar-refractivity contribution in [3.63, 3.8) is 0 Å². The SMILES string of the molecule is C[C@@H]1C[C@H](Cn2ncc3cc(-c4cn[nH]c4)ccc32)CN1S(=O)(=O)c1cccc(F)c1. The van der Waals surface area contributed by atoms with Crippen LogP contribution in [-0.4, -0.2) is 45.3 Å². The van der Waals surface area contributed by atoms with E-state index in [9.17, 15) is 12.8 Å². The van der Waals surface area contributed by atoms with Crippen LogP contribution >= 0.6 is 0 Å². The van der Waals surface area contributed by atoms with Crippen molar-refractivity contribution in [2.45, 2.75) is 30.8 Å². The van der Waals surface area contributed by atoms with Crippen molar-refractivity contribution in [3.8, 4) is 11.1 Å². The maximum atomic E-state index is 13.6. The summed E-state index contributed by atoms with van der Waals surface area (Å²) in [5.41, 5.74) is 3.08. The number of aromatic nitrogens is 4. The van der Waals surface area contributed by atoms with Crippen LogP contribution in [0.25, 0.3) is 22.0 Å². The Bertz CT molecular complexity index is 1330. The molecule has 3 heterocycles. The Labute approximate surface area is 179 Å². The zero-order valence-electron chi connectivity index (χ0n) is 16.9. The van der Waals surface area contributed by atoms with Gasteiger partial charge in [-0.15, -0.1) is 0 Å². The minimum atomic E-state index is -3.74. The van der Waals surface area contributed by atoms with Crippen LogP contribution in [0, 0.1) is 11.7 Å². The molecule has 31 heavy (non-hydrogen) atoms. The van der Waals surface area contributed by atoms with Crippen LogP contribution in [0.3, 0.4) is 0 Å². The van der Waals surface area contributed by atoms with Crippen LogP contribution in [0.2, 0.25) is 0 Å². The highest BCUT2D eigenvalue weighted by molar-refractivity contribution is 7.89. The average molecular weight is 440 g/mol.